The molecule has 0 amide bonds. The summed E-state index contributed by atoms with van der Waals surface area (Å²) < 4.78 is 28.2. The minimum absolute atomic E-state index is 0.00726. The molecule has 0 heterocycles. The summed E-state index contributed by atoms with van der Waals surface area (Å²) in [6.07, 6.45) is 7.86. The number of anilines is 1. The lowest BCUT2D eigenvalue weighted by Gasteiger charge is -2.19. The minimum atomic E-state index is -3.73. The van der Waals surface area contributed by atoms with E-state index in [0.717, 1.165) is 51.4 Å². The fourth-order valence-corrected chi connectivity index (χ4v) is 4.78. The van der Waals surface area contributed by atoms with Crippen LogP contribution in [-0.2, 0) is 10.0 Å². The third-order valence-corrected chi connectivity index (χ3v) is 6.35. The van der Waals surface area contributed by atoms with Gasteiger partial charge in [0.2, 0.25) is 10.0 Å². The predicted molar refractivity (Wildman–Crippen MR) is 103 cm³/mol. The molecule has 1 aliphatic carbocycles. The van der Waals surface area contributed by atoms with Crippen molar-refractivity contribution < 1.29 is 18.3 Å². The summed E-state index contributed by atoms with van der Waals surface area (Å²) in [7, 11) is -3.73. The van der Waals surface area contributed by atoms with E-state index in [2.05, 4.69) is 17.0 Å². The summed E-state index contributed by atoms with van der Waals surface area (Å²) in [6.45, 7) is 4.04. The van der Waals surface area contributed by atoms with Crippen LogP contribution in [0.1, 0.15) is 75.6 Å². The highest BCUT2D eigenvalue weighted by molar-refractivity contribution is 7.89. The maximum atomic E-state index is 12.7. The summed E-state index contributed by atoms with van der Waals surface area (Å²) in [6, 6.07) is 4.33. The van der Waals surface area contributed by atoms with E-state index in [9.17, 15) is 18.3 Å². The lowest BCUT2D eigenvalue weighted by molar-refractivity contribution is 0.0697. The van der Waals surface area contributed by atoms with Crippen LogP contribution in [0.25, 0.3) is 0 Å². The molecule has 0 spiro atoms. The average Bonchev–Trinajstić information content (AvgIpc) is 2.83. The first-order chi connectivity index (χ1) is 12.3. The molecule has 1 fully saturated rings. The molecule has 0 radical (unpaired) electrons. The molecule has 0 saturated heterocycles. The molecule has 26 heavy (non-hydrogen) atoms. The Morgan fingerprint density at radius 1 is 1.23 bits per heavy atom. The summed E-state index contributed by atoms with van der Waals surface area (Å²) >= 11 is 0. The van der Waals surface area contributed by atoms with Gasteiger partial charge in [0.25, 0.3) is 0 Å². The van der Waals surface area contributed by atoms with Crippen LogP contribution in [0.15, 0.2) is 23.1 Å². The summed E-state index contributed by atoms with van der Waals surface area (Å²) in [5.74, 6) is -1.14. The molecule has 6 nitrogen and oxygen atoms in total. The number of carboxylic acids is 1. The van der Waals surface area contributed by atoms with Crippen LogP contribution in [0, 0.1) is 0 Å². The van der Waals surface area contributed by atoms with E-state index in [1.54, 1.807) is 6.07 Å². The number of aromatic carboxylic acids is 1. The second-order valence-electron chi connectivity index (χ2n) is 7.16. The zero-order valence-electron chi connectivity index (χ0n) is 15.6. The van der Waals surface area contributed by atoms with E-state index < -0.39 is 16.0 Å². The zero-order valence-corrected chi connectivity index (χ0v) is 16.4. The number of rotatable bonds is 8. The molecule has 1 unspecified atom stereocenters. The first-order valence-corrected chi connectivity index (χ1v) is 11.0. The Morgan fingerprint density at radius 3 is 2.46 bits per heavy atom. The van der Waals surface area contributed by atoms with Crippen molar-refractivity contribution in [2.75, 3.05) is 5.32 Å². The second-order valence-corrected chi connectivity index (χ2v) is 8.87. The Hall–Kier alpha value is -1.60. The summed E-state index contributed by atoms with van der Waals surface area (Å²) in [5.41, 5.74) is 0.434. The van der Waals surface area contributed by atoms with Gasteiger partial charge in [-0.25, -0.2) is 17.9 Å². The molecule has 0 bridgehead atoms. The molecule has 2 rings (SSSR count). The van der Waals surface area contributed by atoms with Gasteiger partial charge in [-0.3, -0.25) is 0 Å². The predicted octanol–water partition coefficient (Wildman–Crippen LogP) is 3.99. The largest absolute Gasteiger partial charge is 0.478 e. The fraction of sp³-hybridized carbons (Fsp3) is 0.632. The van der Waals surface area contributed by atoms with Gasteiger partial charge in [-0.1, -0.05) is 39.0 Å². The maximum Gasteiger partial charge on any atom is 0.337 e. The van der Waals surface area contributed by atoms with E-state index >= 15 is 0 Å². The maximum absolute atomic E-state index is 12.7. The number of carbonyl (C=O) groups is 1. The van der Waals surface area contributed by atoms with Crippen LogP contribution >= 0.6 is 0 Å². The van der Waals surface area contributed by atoms with Crippen LogP contribution in [0.5, 0.6) is 0 Å². The van der Waals surface area contributed by atoms with Gasteiger partial charge >= 0.3 is 5.97 Å². The minimum Gasteiger partial charge on any atom is -0.478 e. The van der Waals surface area contributed by atoms with Crippen molar-refractivity contribution in [3.8, 4) is 0 Å². The Labute approximate surface area is 156 Å². The van der Waals surface area contributed by atoms with Crippen LogP contribution in [0.4, 0.5) is 5.69 Å². The van der Waals surface area contributed by atoms with E-state index in [-0.39, 0.29) is 22.5 Å². The van der Waals surface area contributed by atoms with Crippen LogP contribution < -0.4 is 10.0 Å². The molecule has 3 N–H and O–H groups in total. The number of benzene rings is 1. The van der Waals surface area contributed by atoms with Crippen molar-refractivity contribution in [1.29, 1.82) is 0 Å². The van der Waals surface area contributed by atoms with Crippen molar-refractivity contribution in [2.24, 2.45) is 0 Å². The number of hydrogen-bond donors (Lipinski definition) is 3. The van der Waals surface area contributed by atoms with Crippen LogP contribution in [0.3, 0.4) is 0 Å². The Morgan fingerprint density at radius 2 is 1.88 bits per heavy atom. The van der Waals surface area contributed by atoms with Gasteiger partial charge in [-0.15, -0.1) is 0 Å². The number of nitrogens with one attached hydrogen (secondary N) is 2. The van der Waals surface area contributed by atoms with Crippen LogP contribution in [-0.4, -0.2) is 31.6 Å². The Kier molecular flexibility index (Phi) is 7.46. The number of sulfonamides is 1. The first-order valence-electron chi connectivity index (χ1n) is 9.49. The molecular formula is C19H30N2O4S. The molecule has 0 aliphatic heterocycles. The van der Waals surface area contributed by atoms with Crippen molar-refractivity contribution in [3.05, 3.63) is 23.8 Å². The highest BCUT2D eigenvalue weighted by Gasteiger charge is 2.23. The molecule has 1 aliphatic rings. The molecule has 0 aromatic heterocycles. The Bertz CT molecular complexity index is 710. The van der Waals surface area contributed by atoms with E-state index in [0.29, 0.717) is 5.69 Å². The highest BCUT2D eigenvalue weighted by atomic mass is 32.2. The molecular weight excluding hydrogens is 352 g/mol. The van der Waals surface area contributed by atoms with Crippen molar-refractivity contribution >= 4 is 21.7 Å². The zero-order chi connectivity index (χ0) is 19.2. The molecule has 1 saturated carbocycles. The van der Waals surface area contributed by atoms with Gasteiger partial charge in [-0.2, -0.15) is 0 Å². The van der Waals surface area contributed by atoms with E-state index in [1.165, 1.54) is 12.1 Å². The van der Waals surface area contributed by atoms with E-state index in [1.807, 2.05) is 6.92 Å². The molecule has 146 valence electrons. The Balaban J connectivity index is 2.22. The average molecular weight is 383 g/mol. The van der Waals surface area contributed by atoms with Gasteiger partial charge in [0.15, 0.2) is 0 Å². The van der Waals surface area contributed by atoms with Crippen molar-refractivity contribution in [2.45, 2.75) is 82.2 Å². The van der Waals surface area contributed by atoms with Crippen LogP contribution in [0.2, 0.25) is 0 Å². The number of carboxylic acid groups (broad SMARTS) is 1. The second kappa shape index (κ2) is 9.37. The highest BCUT2D eigenvalue weighted by Crippen LogP contribution is 2.24. The van der Waals surface area contributed by atoms with Gasteiger partial charge in [0.05, 0.1) is 10.5 Å². The van der Waals surface area contributed by atoms with Crippen molar-refractivity contribution in [1.82, 2.24) is 4.72 Å². The lowest BCUT2D eigenvalue weighted by Crippen LogP contribution is -2.34. The molecule has 7 heteroatoms. The van der Waals surface area contributed by atoms with E-state index in [4.69, 9.17) is 0 Å². The third-order valence-electron chi connectivity index (χ3n) is 4.83. The normalized spacial score (nSPS) is 17.5. The number of hydrogen-bond acceptors (Lipinski definition) is 4. The molecule has 1 atom stereocenters. The van der Waals surface area contributed by atoms with Crippen molar-refractivity contribution in [3.63, 3.8) is 0 Å². The molecule has 1 aromatic rings. The van der Waals surface area contributed by atoms with Gasteiger partial charge in [0, 0.05) is 17.8 Å². The summed E-state index contributed by atoms with van der Waals surface area (Å²) in [5, 5.41) is 12.7. The standard InChI is InChI=1S/C19H30N2O4S/c1-3-8-14(2)20-18-12-11-16(13-17(18)19(22)23)26(24,25)21-15-9-6-4-5-7-10-15/h11-15,20-21H,3-10H2,1-2H3,(H,22,23). The summed E-state index contributed by atoms with van der Waals surface area (Å²) in [4.78, 5) is 11.6. The van der Waals surface area contributed by atoms with Gasteiger partial charge in [-0.05, 0) is 44.4 Å². The van der Waals surface area contributed by atoms with Gasteiger partial charge < -0.3 is 10.4 Å². The lowest BCUT2D eigenvalue weighted by atomic mass is 10.1. The SMILES string of the molecule is CCCC(C)Nc1ccc(S(=O)(=O)NC2CCCCCC2)cc1C(=O)O. The smallest absolute Gasteiger partial charge is 0.337 e. The topological polar surface area (TPSA) is 95.5 Å². The quantitative estimate of drug-likeness (QED) is 0.591. The van der Waals surface area contributed by atoms with Gasteiger partial charge in [0.1, 0.15) is 0 Å². The first kappa shape index (κ1) is 20.7. The third kappa shape index (κ3) is 5.71. The molecule has 1 aromatic carbocycles. The fourth-order valence-electron chi connectivity index (χ4n) is 3.45. The monoisotopic (exact) mass is 382 g/mol.